The van der Waals surface area contributed by atoms with E-state index in [0.717, 1.165) is 42.3 Å². The monoisotopic (exact) mass is 262 g/mol. The smallest absolute Gasteiger partial charge is 0.231 e. The molecule has 1 fully saturated rings. The van der Waals surface area contributed by atoms with Crippen LogP contribution in [-0.4, -0.2) is 19.0 Å². The fraction of sp³-hybridized carbons (Fsp3) is 0.600. The first-order valence-electron chi connectivity index (χ1n) is 6.89. The molecule has 4 rings (SSSR count). The minimum Gasteiger partial charge on any atom is -0.487 e. The van der Waals surface area contributed by atoms with Crippen LogP contribution >= 0.6 is 0 Å². The number of hydrogen-bond acceptors (Lipinski definition) is 4. The molecule has 2 atom stereocenters. The van der Waals surface area contributed by atoms with Gasteiger partial charge in [-0.3, -0.25) is 0 Å². The van der Waals surface area contributed by atoms with Crippen molar-refractivity contribution in [1.82, 2.24) is 0 Å². The number of benzene rings is 1. The molecular formula is C15H18O4. The lowest BCUT2D eigenvalue weighted by Gasteiger charge is -2.46. The average Bonchev–Trinajstić information content (AvgIpc) is 2.84. The Bertz CT molecular complexity index is 523. The molecule has 1 saturated heterocycles. The van der Waals surface area contributed by atoms with E-state index in [1.807, 2.05) is 12.1 Å². The molecular weight excluding hydrogens is 244 g/mol. The predicted octanol–water partition coefficient (Wildman–Crippen LogP) is 3.05. The van der Waals surface area contributed by atoms with E-state index in [2.05, 4.69) is 13.8 Å². The molecule has 0 saturated carbocycles. The number of hydrogen-bond donors (Lipinski definition) is 0. The van der Waals surface area contributed by atoms with Crippen LogP contribution in [0, 0.1) is 5.92 Å². The predicted molar refractivity (Wildman–Crippen MR) is 68.7 cm³/mol. The maximum atomic E-state index is 6.20. The Morgan fingerprint density at radius 2 is 1.89 bits per heavy atom. The zero-order valence-electron chi connectivity index (χ0n) is 11.3. The maximum absolute atomic E-state index is 6.20. The van der Waals surface area contributed by atoms with Gasteiger partial charge in [-0.05, 0) is 32.8 Å². The second-order valence-corrected chi connectivity index (χ2v) is 5.99. The van der Waals surface area contributed by atoms with Crippen molar-refractivity contribution in [2.45, 2.75) is 38.4 Å². The normalized spacial score (nSPS) is 30.2. The van der Waals surface area contributed by atoms with Gasteiger partial charge in [0.25, 0.3) is 0 Å². The van der Waals surface area contributed by atoms with Crippen molar-refractivity contribution in [3.63, 3.8) is 0 Å². The molecule has 3 heterocycles. The van der Waals surface area contributed by atoms with Gasteiger partial charge in [-0.2, -0.15) is 0 Å². The summed E-state index contributed by atoms with van der Waals surface area (Å²) in [6.07, 6.45) is 2.36. The first-order chi connectivity index (χ1) is 9.15. The van der Waals surface area contributed by atoms with E-state index in [1.54, 1.807) is 0 Å². The Morgan fingerprint density at radius 3 is 2.74 bits per heavy atom. The van der Waals surface area contributed by atoms with Crippen molar-refractivity contribution in [3.05, 3.63) is 17.7 Å². The molecule has 0 aliphatic carbocycles. The van der Waals surface area contributed by atoms with E-state index in [1.165, 1.54) is 0 Å². The Balaban J connectivity index is 1.84. The van der Waals surface area contributed by atoms with E-state index in [9.17, 15) is 0 Å². The van der Waals surface area contributed by atoms with E-state index in [4.69, 9.17) is 18.9 Å². The van der Waals surface area contributed by atoms with E-state index in [-0.39, 0.29) is 18.5 Å². The lowest BCUT2D eigenvalue weighted by atomic mass is 9.76. The van der Waals surface area contributed by atoms with Gasteiger partial charge in [0.1, 0.15) is 11.4 Å². The van der Waals surface area contributed by atoms with Gasteiger partial charge >= 0.3 is 0 Å². The Morgan fingerprint density at radius 1 is 1.11 bits per heavy atom. The van der Waals surface area contributed by atoms with Crippen LogP contribution in [-0.2, 0) is 4.74 Å². The minimum absolute atomic E-state index is 0.113. The van der Waals surface area contributed by atoms with Crippen LogP contribution < -0.4 is 14.2 Å². The van der Waals surface area contributed by atoms with Crippen molar-refractivity contribution < 1.29 is 18.9 Å². The van der Waals surface area contributed by atoms with Gasteiger partial charge in [-0.15, -0.1) is 0 Å². The first kappa shape index (κ1) is 11.4. The van der Waals surface area contributed by atoms with Crippen LogP contribution in [0.5, 0.6) is 17.2 Å². The fourth-order valence-electron chi connectivity index (χ4n) is 3.41. The lowest BCUT2D eigenvalue weighted by Crippen LogP contribution is -2.47. The third-order valence-electron chi connectivity index (χ3n) is 4.40. The quantitative estimate of drug-likeness (QED) is 0.720. The second kappa shape index (κ2) is 3.79. The maximum Gasteiger partial charge on any atom is 0.231 e. The summed E-state index contributed by atoms with van der Waals surface area (Å²) in [5.74, 6) is 2.84. The molecule has 3 aliphatic rings. The molecule has 1 aromatic rings. The van der Waals surface area contributed by atoms with Crippen LogP contribution in [0.3, 0.4) is 0 Å². The van der Waals surface area contributed by atoms with Crippen LogP contribution in [0.25, 0.3) is 0 Å². The molecule has 0 bridgehead atoms. The number of ether oxygens (including phenoxy) is 4. The van der Waals surface area contributed by atoms with Crippen molar-refractivity contribution in [2.75, 3.05) is 13.4 Å². The summed E-state index contributed by atoms with van der Waals surface area (Å²) < 4.78 is 23.1. The summed E-state index contributed by atoms with van der Waals surface area (Å²) in [6.45, 7) is 5.40. The second-order valence-electron chi connectivity index (χ2n) is 5.99. The lowest BCUT2D eigenvalue weighted by molar-refractivity contribution is -0.116. The Hall–Kier alpha value is -1.42. The summed E-state index contributed by atoms with van der Waals surface area (Å²) in [7, 11) is 0. The van der Waals surface area contributed by atoms with Gasteiger partial charge in [-0.25, -0.2) is 0 Å². The van der Waals surface area contributed by atoms with Crippen LogP contribution in [0.4, 0.5) is 0 Å². The zero-order valence-corrected chi connectivity index (χ0v) is 11.3. The molecule has 102 valence electrons. The average molecular weight is 262 g/mol. The van der Waals surface area contributed by atoms with Crippen molar-refractivity contribution >= 4 is 0 Å². The van der Waals surface area contributed by atoms with Crippen molar-refractivity contribution in [1.29, 1.82) is 0 Å². The molecule has 0 aromatic heterocycles. The van der Waals surface area contributed by atoms with Crippen LogP contribution in [0.1, 0.15) is 38.4 Å². The molecule has 19 heavy (non-hydrogen) atoms. The van der Waals surface area contributed by atoms with Gasteiger partial charge in [0, 0.05) is 24.2 Å². The van der Waals surface area contributed by atoms with Crippen LogP contribution in [0.2, 0.25) is 0 Å². The summed E-state index contributed by atoms with van der Waals surface area (Å²) in [5, 5.41) is 0. The third-order valence-corrected chi connectivity index (χ3v) is 4.40. The number of rotatable bonds is 0. The van der Waals surface area contributed by atoms with Crippen molar-refractivity contribution in [3.8, 4) is 17.2 Å². The molecule has 4 heteroatoms. The van der Waals surface area contributed by atoms with Crippen molar-refractivity contribution in [2.24, 2.45) is 5.92 Å². The van der Waals surface area contributed by atoms with E-state index in [0.29, 0.717) is 5.92 Å². The standard InChI is InChI=1S/C15H18O4/c1-15(2)10-4-3-5-16-14(10)9-6-12-13(18-8-17-12)7-11(9)19-15/h6-7,10,14H,3-5,8H2,1-2H3. The summed E-state index contributed by atoms with van der Waals surface area (Å²) >= 11 is 0. The highest BCUT2D eigenvalue weighted by molar-refractivity contribution is 5.54. The van der Waals surface area contributed by atoms with Gasteiger partial charge in [0.2, 0.25) is 6.79 Å². The summed E-state index contributed by atoms with van der Waals surface area (Å²) in [6, 6.07) is 3.96. The van der Waals surface area contributed by atoms with Gasteiger partial charge < -0.3 is 18.9 Å². The highest BCUT2D eigenvalue weighted by Crippen LogP contribution is 2.52. The third kappa shape index (κ3) is 1.62. The largest absolute Gasteiger partial charge is 0.487 e. The van der Waals surface area contributed by atoms with E-state index >= 15 is 0 Å². The van der Waals surface area contributed by atoms with Crippen LogP contribution in [0.15, 0.2) is 12.1 Å². The molecule has 0 radical (unpaired) electrons. The molecule has 2 unspecified atom stereocenters. The fourth-order valence-corrected chi connectivity index (χ4v) is 3.41. The molecule has 0 N–H and O–H groups in total. The molecule has 3 aliphatic heterocycles. The molecule has 0 amide bonds. The first-order valence-corrected chi connectivity index (χ1v) is 6.89. The minimum atomic E-state index is -0.203. The van der Waals surface area contributed by atoms with E-state index < -0.39 is 0 Å². The summed E-state index contributed by atoms with van der Waals surface area (Å²) in [4.78, 5) is 0. The Labute approximate surface area is 112 Å². The summed E-state index contributed by atoms with van der Waals surface area (Å²) in [5.41, 5.74) is 0.902. The topological polar surface area (TPSA) is 36.9 Å². The molecule has 4 nitrogen and oxygen atoms in total. The van der Waals surface area contributed by atoms with Gasteiger partial charge in [0.05, 0.1) is 6.10 Å². The van der Waals surface area contributed by atoms with Gasteiger partial charge in [-0.1, -0.05) is 0 Å². The number of fused-ring (bicyclic) bond motifs is 4. The highest BCUT2D eigenvalue weighted by atomic mass is 16.7. The highest BCUT2D eigenvalue weighted by Gasteiger charge is 2.46. The molecule has 0 spiro atoms. The molecule has 1 aromatic carbocycles. The zero-order chi connectivity index (χ0) is 13.0. The van der Waals surface area contributed by atoms with Gasteiger partial charge in [0.15, 0.2) is 11.5 Å². The SMILES string of the molecule is CC1(C)Oc2cc3c(cc2C2OCCCC21)OCO3. The Kier molecular flexibility index (Phi) is 2.28.